The van der Waals surface area contributed by atoms with E-state index in [-0.39, 0.29) is 35.9 Å². The van der Waals surface area contributed by atoms with E-state index in [0.29, 0.717) is 76.8 Å². The normalized spacial score (nSPS) is 14.8. The van der Waals surface area contributed by atoms with Crippen molar-refractivity contribution >= 4 is 69.8 Å². The Balaban J connectivity index is 0.000000124. The summed E-state index contributed by atoms with van der Waals surface area (Å²) in [6, 6.07) is 40.7. The molecule has 105 heavy (non-hydrogen) atoms. The van der Waals surface area contributed by atoms with Crippen LogP contribution in [0.15, 0.2) is 171 Å². The van der Waals surface area contributed by atoms with E-state index in [1.807, 2.05) is 66.5 Å². The third-order valence-corrected chi connectivity index (χ3v) is 18.4. The highest BCUT2D eigenvalue weighted by atomic mass is 19.1. The summed E-state index contributed by atoms with van der Waals surface area (Å²) in [5, 5.41) is 58.2. The number of nitrogens with one attached hydrogen (secondary N) is 10. The molecule has 4 saturated carbocycles. The van der Waals surface area contributed by atoms with Gasteiger partial charge in [-0.15, -0.1) is 0 Å². The summed E-state index contributed by atoms with van der Waals surface area (Å²) in [5.74, 6) is 9.07. The first kappa shape index (κ1) is 71.5. The summed E-state index contributed by atoms with van der Waals surface area (Å²) in [6.07, 6.45) is 15.6. The molecule has 30 heteroatoms. The first-order valence-electron chi connectivity index (χ1n) is 34.8. The molecular formula is C75H82F4N24O2. The van der Waals surface area contributed by atoms with Crippen LogP contribution < -0.4 is 41.7 Å². The molecular weight excluding hydrogens is 1340 g/mol. The first-order chi connectivity index (χ1) is 51.1. The fraction of sp³-hybridized carbons (Fsp3) is 0.307. The van der Waals surface area contributed by atoms with Gasteiger partial charge in [-0.1, -0.05) is 54.6 Å². The Morgan fingerprint density at radius 2 is 0.771 bits per heavy atom. The van der Waals surface area contributed by atoms with Crippen LogP contribution in [0.5, 0.6) is 0 Å². The molecule has 12 aromatic rings. The van der Waals surface area contributed by atoms with Gasteiger partial charge in [-0.05, 0) is 124 Å². The maximum Gasteiger partial charge on any atom is 0.153 e. The molecule has 4 aromatic carbocycles. The van der Waals surface area contributed by atoms with E-state index in [2.05, 4.69) is 132 Å². The van der Waals surface area contributed by atoms with Gasteiger partial charge in [-0.2, -0.15) is 20.4 Å². The number of nitrogens with zero attached hydrogens (tertiary/aromatic N) is 14. The lowest BCUT2D eigenvalue weighted by Gasteiger charge is -2.26. The van der Waals surface area contributed by atoms with E-state index in [0.717, 1.165) is 63.5 Å². The summed E-state index contributed by atoms with van der Waals surface area (Å²) in [6.45, 7) is 4.24. The van der Waals surface area contributed by atoms with Gasteiger partial charge in [0.15, 0.2) is 23.3 Å². The number of halogens is 4. The summed E-state index contributed by atoms with van der Waals surface area (Å²) in [5.41, 5.74) is 7.81. The number of rotatable bonds is 27. The highest BCUT2D eigenvalue weighted by Crippen LogP contribution is 2.43. The highest BCUT2D eigenvalue weighted by Gasteiger charge is 2.29. The fourth-order valence-electron chi connectivity index (χ4n) is 11.5. The first-order valence-corrected chi connectivity index (χ1v) is 34.8. The van der Waals surface area contributed by atoms with Crippen molar-refractivity contribution in [2.24, 2.45) is 0 Å². The minimum absolute atomic E-state index is 0.0100. The van der Waals surface area contributed by atoms with Crippen LogP contribution in [0.4, 0.5) is 87.4 Å². The van der Waals surface area contributed by atoms with Crippen LogP contribution in [0.25, 0.3) is 0 Å². The molecule has 0 bridgehead atoms. The van der Waals surface area contributed by atoms with Crippen LogP contribution in [-0.2, 0) is 4.74 Å². The van der Waals surface area contributed by atoms with Gasteiger partial charge in [0, 0.05) is 122 Å². The van der Waals surface area contributed by atoms with Crippen LogP contribution in [0.1, 0.15) is 158 Å². The standard InChI is InChI=1S/C19H20F2N6.C19H21FN6.C19H22N6O.C18H19FN6O/c1-11(14-7-13(20)5-6-15(14)21)27(2)19-9-17(22-10-23-19)24-18-8-16(25-26-18)12-3-4-12;1-12(13-5-7-15(20)8-6-13)26(2)19-10-17(21-11-22-19)23-18-9-16(24-25-18)14-3-4-14;1-26-11-16(13-5-3-2-4-6-13)22-17-10-18(21-12-20-17)23-19-9-15(24-25-19)14-7-8-14;19-13-5-3-12(4-6-13)15(9-26)22-16-8-17(21-10-20-16)23-18-7-14(24-25-18)11-1-2-11/h5-12H,3-4H2,1-2H3,(H2,22,23,24,25,26);5-12,14H,3-4H2,1-2H3,(H2,21,22,23,24,25);2-6,9-10,12,14,16H,7-8,11H2,1H3,(H3,20,21,22,23,24,25);3-8,10-11,15,26H,1-2,9H2,(H3,20,21,22,23,24,25). The van der Waals surface area contributed by atoms with Crippen LogP contribution in [0.2, 0.25) is 0 Å². The van der Waals surface area contributed by atoms with E-state index in [4.69, 9.17) is 4.74 Å². The molecule has 0 saturated heterocycles. The fourth-order valence-corrected chi connectivity index (χ4v) is 11.5. The summed E-state index contributed by atoms with van der Waals surface area (Å²) in [4.78, 5) is 37.9. The monoisotopic (exact) mass is 1430 g/mol. The van der Waals surface area contributed by atoms with Crippen molar-refractivity contribution in [2.75, 3.05) is 76.1 Å². The second-order valence-electron chi connectivity index (χ2n) is 26.3. The number of aromatic amines is 4. The van der Waals surface area contributed by atoms with E-state index in [9.17, 15) is 22.7 Å². The third-order valence-electron chi connectivity index (χ3n) is 18.4. The van der Waals surface area contributed by atoms with Gasteiger partial charge in [-0.3, -0.25) is 20.4 Å². The van der Waals surface area contributed by atoms with Gasteiger partial charge in [0.25, 0.3) is 0 Å². The lowest BCUT2D eigenvalue weighted by molar-refractivity contribution is 0.186. The molecule has 0 amide bonds. The number of aliphatic hydroxyl groups excluding tert-OH is 1. The number of hydrogen-bond acceptors (Lipinski definition) is 22. The van der Waals surface area contributed by atoms with E-state index in [1.165, 1.54) is 118 Å². The number of H-pyrrole nitrogens is 4. The number of ether oxygens (including phenoxy) is 1. The molecule has 0 radical (unpaired) electrons. The lowest BCUT2D eigenvalue weighted by Crippen LogP contribution is -2.23. The summed E-state index contributed by atoms with van der Waals surface area (Å²) in [7, 11) is 5.43. The Morgan fingerprint density at radius 3 is 1.18 bits per heavy atom. The predicted octanol–water partition coefficient (Wildman–Crippen LogP) is 15.2. The molecule has 16 rings (SSSR count). The topological polar surface area (TPSA) is 326 Å². The van der Waals surface area contributed by atoms with Crippen molar-refractivity contribution in [1.29, 1.82) is 0 Å². The molecule has 0 spiro atoms. The average Bonchev–Trinajstić information content (AvgIpc) is 1.24. The zero-order valence-corrected chi connectivity index (χ0v) is 58.5. The number of benzene rings is 4. The van der Waals surface area contributed by atoms with Crippen molar-refractivity contribution in [2.45, 2.75) is 113 Å². The zero-order valence-electron chi connectivity index (χ0n) is 58.5. The van der Waals surface area contributed by atoms with Crippen molar-refractivity contribution in [3.63, 3.8) is 0 Å². The molecule has 4 aliphatic carbocycles. The van der Waals surface area contributed by atoms with Crippen LogP contribution in [0, 0.1) is 23.3 Å². The highest BCUT2D eigenvalue weighted by molar-refractivity contribution is 5.61. The quantitative estimate of drug-likeness (QED) is 0.0213. The molecule has 11 N–H and O–H groups in total. The number of anilines is 12. The molecule has 542 valence electrons. The van der Waals surface area contributed by atoms with Crippen LogP contribution >= 0.6 is 0 Å². The van der Waals surface area contributed by atoms with Crippen molar-refractivity contribution in [3.05, 3.63) is 239 Å². The summed E-state index contributed by atoms with van der Waals surface area (Å²) < 4.78 is 59.2. The Kier molecular flexibility index (Phi) is 22.8. The molecule has 0 aliphatic heterocycles. The van der Waals surface area contributed by atoms with Crippen LogP contribution in [0.3, 0.4) is 0 Å². The maximum absolute atomic E-state index is 14.1. The molecule has 8 heterocycles. The van der Waals surface area contributed by atoms with Gasteiger partial charge in [0.2, 0.25) is 0 Å². The Hall–Kier alpha value is -11.9. The Labute approximate surface area is 603 Å². The van der Waals surface area contributed by atoms with Gasteiger partial charge < -0.3 is 51.5 Å². The Morgan fingerprint density at radius 1 is 0.410 bits per heavy atom. The average molecular weight is 1430 g/mol. The second-order valence-corrected chi connectivity index (χ2v) is 26.3. The second kappa shape index (κ2) is 33.5. The zero-order chi connectivity index (χ0) is 72.8. The van der Waals surface area contributed by atoms with Crippen molar-refractivity contribution in [1.82, 2.24) is 80.7 Å². The number of aliphatic hydroxyl groups is 1. The molecule has 8 aromatic heterocycles. The van der Waals surface area contributed by atoms with Gasteiger partial charge in [-0.25, -0.2) is 57.4 Å². The third kappa shape index (κ3) is 19.8. The van der Waals surface area contributed by atoms with Gasteiger partial charge >= 0.3 is 0 Å². The Bertz CT molecular complexity index is 4710. The van der Waals surface area contributed by atoms with E-state index >= 15 is 0 Å². The molecule has 4 unspecified atom stereocenters. The van der Waals surface area contributed by atoms with Crippen molar-refractivity contribution in [3.8, 4) is 0 Å². The lowest BCUT2D eigenvalue weighted by atomic mass is 10.1. The number of aromatic nitrogens is 16. The van der Waals surface area contributed by atoms with Crippen molar-refractivity contribution < 1.29 is 27.4 Å². The summed E-state index contributed by atoms with van der Waals surface area (Å²) >= 11 is 0. The molecule has 4 atom stereocenters. The molecule has 4 aliphatic rings. The van der Waals surface area contributed by atoms with E-state index < -0.39 is 23.7 Å². The largest absolute Gasteiger partial charge is 0.394 e. The van der Waals surface area contributed by atoms with Gasteiger partial charge in [0.05, 0.1) is 37.4 Å². The van der Waals surface area contributed by atoms with E-state index in [1.54, 1.807) is 62.4 Å². The molecule has 4 fully saturated rings. The number of methoxy groups -OCH3 is 1. The maximum atomic E-state index is 14.1. The van der Waals surface area contributed by atoms with Gasteiger partial charge in [0.1, 0.15) is 95.1 Å². The SMILES string of the molecule is CC(c1cc(F)ccc1F)N(C)c1cc(Nc2cc(C3CC3)[nH]n2)ncn1.CC(c1ccc(F)cc1)N(C)c1cc(Nc2cc(C3CC3)[nH]n2)ncn1.COCC(Nc1cc(Nc2cc(C3CC3)[nH]n2)ncn1)c1ccccc1.OCC(Nc1cc(Nc2cc(C3CC3)[nH]n2)ncn1)c1ccc(F)cc1. The predicted molar refractivity (Wildman–Crippen MR) is 394 cm³/mol. The van der Waals surface area contributed by atoms with Crippen LogP contribution in [-0.4, -0.2) is 120 Å². The smallest absolute Gasteiger partial charge is 0.153 e. The minimum atomic E-state index is -0.471. The molecule has 26 nitrogen and oxygen atoms in total. The minimum Gasteiger partial charge on any atom is -0.394 e. The number of hydrogen-bond donors (Lipinski definition) is 11.